The zero-order valence-electron chi connectivity index (χ0n) is 9.64. The largest absolute Gasteiger partial charge is 0.499 e. The Morgan fingerprint density at radius 3 is 2.43 bits per heavy atom. The Hall–Kier alpha value is -1.00. The minimum Gasteiger partial charge on any atom is -0.499 e. The molecule has 0 aliphatic carbocycles. The maximum Gasteiger partial charge on any atom is 0.163 e. The third kappa shape index (κ3) is 4.89. The van der Waals surface area contributed by atoms with Crippen LogP contribution in [0.5, 0.6) is 0 Å². The Morgan fingerprint density at radius 1 is 1.43 bits per heavy atom. The van der Waals surface area contributed by atoms with Crippen molar-refractivity contribution in [3.63, 3.8) is 0 Å². The van der Waals surface area contributed by atoms with Gasteiger partial charge in [0.15, 0.2) is 6.20 Å². The van der Waals surface area contributed by atoms with Crippen LogP contribution in [-0.2, 0) is 4.74 Å². The molecule has 0 aromatic rings. The predicted octanol–water partition coefficient (Wildman–Crippen LogP) is 1.40. The summed E-state index contributed by atoms with van der Waals surface area (Å²) in [4.78, 5) is 1.93. The van der Waals surface area contributed by atoms with Crippen LogP contribution in [0.3, 0.4) is 0 Å². The highest BCUT2D eigenvalue weighted by Gasteiger charge is 2.22. The molecule has 0 aromatic carbocycles. The lowest BCUT2D eigenvalue weighted by atomic mass is 10.3. The van der Waals surface area contributed by atoms with Crippen molar-refractivity contribution in [3.8, 4) is 0 Å². The van der Waals surface area contributed by atoms with Gasteiger partial charge in [0.25, 0.3) is 0 Å². The van der Waals surface area contributed by atoms with Crippen LogP contribution < -0.4 is 0 Å². The van der Waals surface area contributed by atoms with Crippen molar-refractivity contribution in [2.75, 3.05) is 28.3 Å². The second-order valence-electron chi connectivity index (χ2n) is 3.66. The molecule has 0 amide bonds. The molecule has 14 heavy (non-hydrogen) atoms. The minimum absolute atomic E-state index is 0.0243. The van der Waals surface area contributed by atoms with Crippen molar-refractivity contribution < 1.29 is 14.6 Å². The van der Waals surface area contributed by atoms with E-state index >= 15 is 0 Å². The van der Waals surface area contributed by atoms with E-state index in [1.807, 2.05) is 38.2 Å². The van der Waals surface area contributed by atoms with Crippen molar-refractivity contribution in [1.29, 1.82) is 0 Å². The molecule has 2 unspecified atom stereocenters. The average molecular weight is 201 g/mol. The highest BCUT2D eigenvalue weighted by molar-refractivity contribution is 4.86. The van der Waals surface area contributed by atoms with Gasteiger partial charge < -0.3 is 9.64 Å². The van der Waals surface area contributed by atoms with Crippen LogP contribution in [0.25, 0.3) is 0 Å². The van der Waals surface area contributed by atoms with Crippen molar-refractivity contribution in [1.82, 2.24) is 4.90 Å². The molecule has 4 heteroatoms. The Balaban J connectivity index is 4.34. The first kappa shape index (κ1) is 13.0. The van der Waals surface area contributed by atoms with E-state index in [9.17, 15) is 5.21 Å². The summed E-state index contributed by atoms with van der Waals surface area (Å²) in [6.07, 6.45) is 6.91. The third-order valence-electron chi connectivity index (χ3n) is 1.99. The first-order chi connectivity index (χ1) is 6.40. The van der Waals surface area contributed by atoms with Crippen LogP contribution in [0, 0.1) is 0 Å². The Kier molecular flexibility index (Phi) is 5.27. The number of likely N-dealkylation sites (N-methyl/N-ethyl adjacent to an activating group) is 1. The summed E-state index contributed by atoms with van der Waals surface area (Å²) in [5, 5.41) is 9.93. The molecule has 2 atom stereocenters. The van der Waals surface area contributed by atoms with Crippen LogP contribution in [0.2, 0.25) is 0 Å². The lowest BCUT2D eigenvalue weighted by molar-refractivity contribution is -1.06. The van der Waals surface area contributed by atoms with Gasteiger partial charge in [-0.25, -0.2) is 5.21 Å². The van der Waals surface area contributed by atoms with Gasteiger partial charge in [-0.3, -0.25) is 0 Å². The normalized spacial score (nSPS) is 18.4. The highest BCUT2D eigenvalue weighted by atomic mass is 16.5. The SMILES string of the molecule is CO/C=C/[N+](C)(O)C(C)/C=C/N(C)C. The molecule has 1 N–H and O–H groups in total. The van der Waals surface area contributed by atoms with Gasteiger partial charge >= 0.3 is 0 Å². The van der Waals surface area contributed by atoms with E-state index in [2.05, 4.69) is 0 Å². The molecular weight excluding hydrogens is 180 g/mol. The molecular formula is C10H21N2O2+. The van der Waals surface area contributed by atoms with Crippen LogP contribution in [0.15, 0.2) is 24.7 Å². The molecule has 0 spiro atoms. The molecule has 0 rings (SSSR count). The smallest absolute Gasteiger partial charge is 0.163 e. The molecule has 0 aliphatic rings. The van der Waals surface area contributed by atoms with Gasteiger partial charge in [0, 0.05) is 20.3 Å². The Morgan fingerprint density at radius 2 is 2.00 bits per heavy atom. The number of methoxy groups -OCH3 is 1. The van der Waals surface area contributed by atoms with Gasteiger partial charge in [0.2, 0.25) is 0 Å². The number of quaternary nitrogens is 1. The van der Waals surface area contributed by atoms with Crippen molar-refractivity contribution in [3.05, 3.63) is 24.7 Å². The standard InChI is InChI=1S/C10H21N2O2/c1-10(6-7-11(2)3)12(4,13)8-9-14-5/h6-10,13H,1-5H3/q+1/b7-6+,9-8+. The topological polar surface area (TPSA) is 32.7 Å². The first-order valence-electron chi connectivity index (χ1n) is 4.54. The van der Waals surface area contributed by atoms with E-state index in [-0.39, 0.29) is 10.7 Å². The number of hydrogen-bond donors (Lipinski definition) is 1. The van der Waals surface area contributed by atoms with E-state index < -0.39 is 0 Å². The molecule has 0 fully saturated rings. The number of hydroxylamine groups is 3. The predicted molar refractivity (Wildman–Crippen MR) is 56.4 cm³/mol. The fourth-order valence-electron chi connectivity index (χ4n) is 0.791. The lowest BCUT2D eigenvalue weighted by Gasteiger charge is -2.25. The Bertz CT molecular complexity index is 210. The van der Waals surface area contributed by atoms with Crippen molar-refractivity contribution in [2.45, 2.75) is 13.0 Å². The molecule has 82 valence electrons. The Labute approximate surface area is 86.2 Å². The minimum atomic E-state index is -0.224. The van der Waals surface area contributed by atoms with Gasteiger partial charge in [0.05, 0.1) is 7.11 Å². The molecule has 0 saturated carbocycles. The number of rotatable bonds is 5. The van der Waals surface area contributed by atoms with Gasteiger partial charge in [0.1, 0.15) is 19.4 Å². The summed E-state index contributed by atoms with van der Waals surface area (Å²) < 4.78 is 4.54. The number of hydrogen-bond acceptors (Lipinski definition) is 3. The second kappa shape index (κ2) is 5.67. The third-order valence-corrected chi connectivity index (χ3v) is 1.99. The van der Waals surface area contributed by atoms with Gasteiger partial charge in [-0.05, 0) is 13.0 Å². The maximum atomic E-state index is 9.93. The molecule has 0 saturated heterocycles. The summed E-state index contributed by atoms with van der Waals surface area (Å²) in [7, 11) is 7.13. The summed E-state index contributed by atoms with van der Waals surface area (Å²) in [6, 6.07) is -0.0243. The van der Waals surface area contributed by atoms with Gasteiger partial charge in [-0.15, -0.1) is 0 Å². The van der Waals surface area contributed by atoms with Crippen LogP contribution in [-0.4, -0.2) is 49.0 Å². The molecule has 4 nitrogen and oxygen atoms in total. The van der Waals surface area contributed by atoms with E-state index in [1.54, 1.807) is 20.4 Å². The number of nitrogens with zero attached hydrogens (tertiary/aromatic N) is 2. The summed E-state index contributed by atoms with van der Waals surface area (Å²) in [5.74, 6) is 0. The fourth-order valence-corrected chi connectivity index (χ4v) is 0.791. The second-order valence-corrected chi connectivity index (χ2v) is 3.66. The summed E-state index contributed by atoms with van der Waals surface area (Å²) in [5.41, 5.74) is 0. The lowest BCUT2D eigenvalue weighted by Crippen LogP contribution is -2.41. The maximum absolute atomic E-state index is 9.93. The van der Waals surface area contributed by atoms with E-state index in [0.29, 0.717) is 0 Å². The highest BCUT2D eigenvalue weighted by Crippen LogP contribution is 2.08. The first-order valence-corrected chi connectivity index (χ1v) is 4.54. The van der Waals surface area contributed by atoms with Crippen molar-refractivity contribution in [2.24, 2.45) is 0 Å². The number of ether oxygens (including phenoxy) is 1. The van der Waals surface area contributed by atoms with Gasteiger partial charge in [-0.1, -0.05) is 0 Å². The van der Waals surface area contributed by atoms with Crippen LogP contribution >= 0.6 is 0 Å². The molecule has 0 heterocycles. The van der Waals surface area contributed by atoms with Crippen molar-refractivity contribution >= 4 is 0 Å². The van der Waals surface area contributed by atoms with Crippen LogP contribution in [0.4, 0.5) is 0 Å². The van der Waals surface area contributed by atoms with Gasteiger partial charge in [-0.2, -0.15) is 4.65 Å². The van der Waals surface area contributed by atoms with Crippen LogP contribution in [0.1, 0.15) is 6.92 Å². The summed E-state index contributed by atoms with van der Waals surface area (Å²) in [6.45, 7) is 1.93. The van der Waals surface area contributed by atoms with E-state index in [0.717, 1.165) is 0 Å². The molecule has 0 bridgehead atoms. The fraction of sp³-hybridized carbons (Fsp3) is 0.600. The average Bonchev–Trinajstić information content (AvgIpc) is 2.10. The monoisotopic (exact) mass is 201 g/mol. The molecule has 0 aliphatic heterocycles. The quantitative estimate of drug-likeness (QED) is 0.414. The van der Waals surface area contributed by atoms with E-state index in [4.69, 9.17) is 4.74 Å². The zero-order chi connectivity index (χ0) is 11.2. The van der Waals surface area contributed by atoms with E-state index in [1.165, 1.54) is 6.26 Å². The summed E-state index contributed by atoms with van der Waals surface area (Å²) >= 11 is 0. The molecule has 0 aromatic heterocycles. The molecule has 0 radical (unpaired) electrons. The zero-order valence-corrected chi connectivity index (χ0v) is 9.64.